The Bertz CT molecular complexity index is 945. The first-order chi connectivity index (χ1) is 13.1. The van der Waals surface area contributed by atoms with Crippen LogP contribution >= 0.6 is 22.9 Å². The van der Waals surface area contributed by atoms with Gasteiger partial charge in [-0.3, -0.25) is 0 Å². The largest absolute Gasteiger partial charge is 0.478 e. The minimum Gasteiger partial charge on any atom is -0.478 e. The molecule has 4 nitrogen and oxygen atoms in total. The van der Waals surface area contributed by atoms with Crippen LogP contribution in [-0.2, 0) is 17.8 Å². The third-order valence-electron chi connectivity index (χ3n) is 4.36. The monoisotopic (exact) mass is 400 g/mol. The quantitative estimate of drug-likeness (QED) is 0.499. The number of carbonyl (C=O) groups is 1. The summed E-state index contributed by atoms with van der Waals surface area (Å²) in [5, 5.41) is 14.1. The third-order valence-corrected chi connectivity index (χ3v) is 5.42. The molecule has 0 saturated heterocycles. The van der Waals surface area contributed by atoms with E-state index in [1.807, 2.05) is 41.1 Å². The Labute approximate surface area is 167 Å². The summed E-state index contributed by atoms with van der Waals surface area (Å²) in [6, 6.07) is 9.52. The van der Waals surface area contributed by atoms with Crippen molar-refractivity contribution in [3.63, 3.8) is 0 Å². The number of carboxylic acid groups (broad SMARTS) is 1. The summed E-state index contributed by atoms with van der Waals surface area (Å²) in [4.78, 5) is 16.3. The van der Waals surface area contributed by atoms with Crippen LogP contribution in [-0.4, -0.2) is 20.6 Å². The molecule has 0 radical (unpaired) electrons. The molecule has 140 valence electrons. The number of unbranched alkanes of at least 4 members (excludes halogenated alkanes) is 1. The first kappa shape index (κ1) is 19.4. The Morgan fingerprint density at radius 3 is 2.81 bits per heavy atom. The van der Waals surface area contributed by atoms with E-state index in [2.05, 4.69) is 16.5 Å². The molecule has 3 rings (SSSR count). The zero-order valence-corrected chi connectivity index (χ0v) is 16.6. The lowest BCUT2D eigenvalue weighted by Crippen LogP contribution is -2.08. The fraction of sp³-hybridized carbons (Fsp3) is 0.238. The predicted octanol–water partition coefficient (Wildman–Crippen LogP) is 5.61. The number of aromatic nitrogens is 2. The van der Waals surface area contributed by atoms with Crippen LogP contribution < -0.4 is 0 Å². The van der Waals surface area contributed by atoms with Gasteiger partial charge in [0.15, 0.2) is 0 Å². The molecule has 27 heavy (non-hydrogen) atoms. The van der Waals surface area contributed by atoms with Gasteiger partial charge in [0.05, 0.1) is 24.0 Å². The lowest BCUT2D eigenvalue weighted by Gasteiger charge is -2.12. The highest BCUT2D eigenvalue weighted by molar-refractivity contribution is 7.08. The summed E-state index contributed by atoms with van der Waals surface area (Å²) in [5.74, 6) is -0.00733. The Balaban J connectivity index is 2.04. The van der Waals surface area contributed by atoms with Gasteiger partial charge in [0.1, 0.15) is 5.82 Å². The van der Waals surface area contributed by atoms with E-state index >= 15 is 0 Å². The van der Waals surface area contributed by atoms with Gasteiger partial charge in [0.2, 0.25) is 0 Å². The van der Waals surface area contributed by atoms with Crippen molar-refractivity contribution in [2.45, 2.75) is 32.7 Å². The van der Waals surface area contributed by atoms with Crippen molar-refractivity contribution in [3.05, 3.63) is 75.0 Å². The van der Waals surface area contributed by atoms with Crippen LogP contribution in [0.1, 0.15) is 42.4 Å². The first-order valence-electron chi connectivity index (χ1n) is 8.85. The zero-order valence-electron chi connectivity index (χ0n) is 15.1. The molecular formula is C21H21ClN2O2S. The highest BCUT2D eigenvalue weighted by atomic mass is 35.5. The number of nitrogens with zero attached hydrogens (tertiary/aromatic N) is 2. The molecule has 0 atom stereocenters. The Kier molecular flexibility index (Phi) is 6.48. The molecule has 0 fully saturated rings. The van der Waals surface area contributed by atoms with Crippen molar-refractivity contribution < 1.29 is 9.90 Å². The molecule has 0 aliphatic carbocycles. The van der Waals surface area contributed by atoms with E-state index in [1.165, 1.54) is 11.3 Å². The molecule has 1 aromatic carbocycles. The van der Waals surface area contributed by atoms with Gasteiger partial charge < -0.3 is 9.67 Å². The molecule has 0 spiro atoms. The van der Waals surface area contributed by atoms with Crippen LogP contribution in [0.2, 0.25) is 5.02 Å². The number of aryl methyl sites for hydroxylation is 1. The lowest BCUT2D eigenvalue weighted by molar-refractivity contribution is -0.130. The summed E-state index contributed by atoms with van der Waals surface area (Å²) < 4.78 is 2.06. The van der Waals surface area contributed by atoms with Crippen molar-refractivity contribution in [2.75, 3.05) is 0 Å². The Hall–Kier alpha value is -2.37. The van der Waals surface area contributed by atoms with Crippen molar-refractivity contribution in [1.82, 2.24) is 9.55 Å². The fourth-order valence-corrected chi connectivity index (χ4v) is 3.74. The number of hydrogen-bond acceptors (Lipinski definition) is 3. The number of aliphatic carboxylic acids is 1. The van der Waals surface area contributed by atoms with Crippen LogP contribution in [0.15, 0.2) is 47.3 Å². The van der Waals surface area contributed by atoms with Crippen molar-refractivity contribution in [3.8, 4) is 0 Å². The number of carboxylic acids is 1. The Morgan fingerprint density at radius 2 is 2.15 bits per heavy atom. The van der Waals surface area contributed by atoms with Crippen LogP contribution in [0.25, 0.3) is 11.6 Å². The van der Waals surface area contributed by atoms with Crippen LogP contribution in [0.5, 0.6) is 0 Å². The van der Waals surface area contributed by atoms with E-state index < -0.39 is 5.97 Å². The maximum absolute atomic E-state index is 11.8. The third kappa shape index (κ3) is 4.67. The van der Waals surface area contributed by atoms with Crippen molar-refractivity contribution in [1.29, 1.82) is 0 Å². The number of hydrogen-bond donors (Lipinski definition) is 1. The van der Waals surface area contributed by atoms with Crippen LogP contribution in [0, 0.1) is 0 Å². The number of benzene rings is 1. The van der Waals surface area contributed by atoms with E-state index in [-0.39, 0.29) is 5.57 Å². The highest BCUT2D eigenvalue weighted by Crippen LogP contribution is 2.24. The maximum atomic E-state index is 11.8. The van der Waals surface area contributed by atoms with Crippen LogP contribution in [0.4, 0.5) is 0 Å². The molecule has 3 aromatic rings. The van der Waals surface area contributed by atoms with Gasteiger partial charge in [-0.2, -0.15) is 11.3 Å². The van der Waals surface area contributed by atoms with Crippen molar-refractivity contribution in [2.24, 2.45) is 0 Å². The number of rotatable bonds is 8. The normalized spacial score (nSPS) is 11.7. The molecule has 0 unspecified atom stereocenters. The van der Waals surface area contributed by atoms with E-state index in [1.54, 1.807) is 12.3 Å². The SMILES string of the molecule is CCCCc1ncc(/C=C(/C(=O)O)c2ccsc2)n1Cc1ccccc1Cl. The Morgan fingerprint density at radius 1 is 1.33 bits per heavy atom. The number of imidazole rings is 1. The lowest BCUT2D eigenvalue weighted by atomic mass is 10.1. The molecule has 6 heteroatoms. The maximum Gasteiger partial charge on any atom is 0.336 e. The molecule has 2 heterocycles. The van der Waals surface area contributed by atoms with Crippen LogP contribution in [0.3, 0.4) is 0 Å². The summed E-state index contributed by atoms with van der Waals surface area (Å²) in [7, 11) is 0. The number of halogens is 1. The van der Waals surface area contributed by atoms with Gasteiger partial charge in [-0.05, 0) is 46.5 Å². The molecule has 0 bridgehead atoms. The minimum absolute atomic E-state index is 0.263. The van der Waals surface area contributed by atoms with Gasteiger partial charge in [-0.1, -0.05) is 43.1 Å². The molecular weight excluding hydrogens is 380 g/mol. The second-order valence-corrected chi connectivity index (χ2v) is 7.44. The van der Waals surface area contributed by atoms with E-state index in [0.29, 0.717) is 17.1 Å². The minimum atomic E-state index is -0.950. The highest BCUT2D eigenvalue weighted by Gasteiger charge is 2.15. The second kappa shape index (κ2) is 9.02. The van der Waals surface area contributed by atoms with E-state index in [4.69, 9.17) is 11.6 Å². The standard InChI is InChI=1S/C21H21ClN2O2S/c1-2-3-8-20-23-12-17(11-18(21(25)26)16-9-10-27-14-16)24(20)13-15-6-4-5-7-19(15)22/h4-7,9-12,14H,2-3,8,13H2,1H3,(H,25,26)/b18-11+. The van der Waals surface area contributed by atoms with Gasteiger partial charge in [0.25, 0.3) is 0 Å². The molecule has 0 saturated carbocycles. The number of thiophene rings is 1. The molecule has 0 aliphatic heterocycles. The predicted molar refractivity (Wildman–Crippen MR) is 111 cm³/mol. The molecule has 2 aromatic heterocycles. The van der Waals surface area contributed by atoms with Crippen molar-refractivity contribution >= 4 is 40.6 Å². The molecule has 0 amide bonds. The first-order valence-corrected chi connectivity index (χ1v) is 10.2. The smallest absolute Gasteiger partial charge is 0.336 e. The van der Waals surface area contributed by atoms with E-state index in [0.717, 1.165) is 36.3 Å². The average molecular weight is 401 g/mol. The van der Waals surface area contributed by atoms with Gasteiger partial charge >= 0.3 is 5.97 Å². The van der Waals surface area contributed by atoms with E-state index in [9.17, 15) is 9.90 Å². The summed E-state index contributed by atoms with van der Waals surface area (Å²) in [5.41, 5.74) is 2.72. The summed E-state index contributed by atoms with van der Waals surface area (Å²) in [6.07, 6.45) is 6.38. The second-order valence-electron chi connectivity index (χ2n) is 6.26. The summed E-state index contributed by atoms with van der Waals surface area (Å²) in [6.45, 7) is 2.70. The fourth-order valence-electron chi connectivity index (χ4n) is 2.89. The molecule has 0 aliphatic rings. The summed E-state index contributed by atoms with van der Waals surface area (Å²) >= 11 is 7.82. The molecule has 1 N–H and O–H groups in total. The zero-order chi connectivity index (χ0) is 19.2. The average Bonchev–Trinajstić information content (AvgIpc) is 3.30. The van der Waals surface area contributed by atoms with Gasteiger partial charge in [0, 0.05) is 11.4 Å². The van der Waals surface area contributed by atoms with Gasteiger partial charge in [-0.25, -0.2) is 9.78 Å². The topological polar surface area (TPSA) is 55.1 Å². The van der Waals surface area contributed by atoms with Gasteiger partial charge in [-0.15, -0.1) is 0 Å².